The van der Waals surface area contributed by atoms with E-state index in [9.17, 15) is 9.59 Å². The van der Waals surface area contributed by atoms with Crippen LogP contribution < -0.4 is 0 Å². The lowest BCUT2D eigenvalue weighted by Crippen LogP contribution is -2.02. The zero-order valence-corrected chi connectivity index (χ0v) is 8.06. The summed E-state index contributed by atoms with van der Waals surface area (Å²) in [6.45, 7) is 1.92. The summed E-state index contributed by atoms with van der Waals surface area (Å²) in [4.78, 5) is 22.6. The van der Waals surface area contributed by atoms with Crippen molar-refractivity contribution in [3.05, 3.63) is 21.9 Å². The van der Waals surface area contributed by atoms with Gasteiger partial charge in [0.15, 0.2) is 5.78 Å². The van der Waals surface area contributed by atoms with Gasteiger partial charge in [-0.25, -0.2) is 0 Å². The fourth-order valence-corrected chi connectivity index (χ4v) is 1.66. The Hall–Kier alpha value is -1.16. The number of rotatable bonds is 4. The SMILES string of the molecule is Cc1cc(C(=O)CCC(=O)O)cs1. The Bertz CT molecular complexity index is 327. The molecule has 0 aliphatic heterocycles. The van der Waals surface area contributed by atoms with Crippen molar-refractivity contribution in [3.8, 4) is 0 Å². The largest absolute Gasteiger partial charge is 0.481 e. The number of Topliss-reactive ketones (excluding diaryl/α,β-unsaturated/α-hetero) is 1. The molecule has 0 bridgehead atoms. The lowest BCUT2D eigenvalue weighted by atomic mass is 10.1. The topological polar surface area (TPSA) is 54.4 Å². The highest BCUT2D eigenvalue weighted by molar-refractivity contribution is 7.10. The normalized spacial score (nSPS) is 9.92. The number of hydrogen-bond donors (Lipinski definition) is 1. The van der Waals surface area contributed by atoms with E-state index in [-0.39, 0.29) is 18.6 Å². The highest BCUT2D eigenvalue weighted by atomic mass is 32.1. The van der Waals surface area contributed by atoms with E-state index >= 15 is 0 Å². The average molecular weight is 198 g/mol. The molecule has 1 N–H and O–H groups in total. The van der Waals surface area contributed by atoms with Crippen LogP contribution in [0.1, 0.15) is 28.1 Å². The first-order chi connectivity index (χ1) is 6.09. The minimum Gasteiger partial charge on any atom is -0.481 e. The van der Waals surface area contributed by atoms with E-state index in [0.717, 1.165) is 4.88 Å². The van der Waals surface area contributed by atoms with Gasteiger partial charge < -0.3 is 5.11 Å². The van der Waals surface area contributed by atoms with E-state index < -0.39 is 5.97 Å². The molecule has 0 aliphatic carbocycles. The molecule has 0 radical (unpaired) electrons. The molecule has 3 nitrogen and oxygen atoms in total. The smallest absolute Gasteiger partial charge is 0.303 e. The molecule has 0 amide bonds. The van der Waals surface area contributed by atoms with E-state index in [1.807, 2.05) is 6.92 Å². The molecule has 1 aromatic heterocycles. The number of hydrogen-bond acceptors (Lipinski definition) is 3. The van der Waals surface area contributed by atoms with Crippen molar-refractivity contribution in [1.82, 2.24) is 0 Å². The molecule has 1 rings (SSSR count). The van der Waals surface area contributed by atoms with Crippen LogP contribution in [0.15, 0.2) is 11.4 Å². The summed E-state index contributed by atoms with van der Waals surface area (Å²) >= 11 is 1.50. The van der Waals surface area contributed by atoms with Gasteiger partial charge >= 0.3 is 5.97 Å². The van der Waals surface area contributed by atoms with Crippen molar-refractivity contribution in [2.45, 2.75) is 19.8 Å². The maximum absolute atomic E-state index is 11.3. The van der Waals surface area contributed by atoms with E-state index in [0.29, 0.717) is 5.56 Å². The molecule has 0 atom stereocenters. The van der Waals surface area contributed by atoms with Gasteiger partial charge in [0.05, 0.1) is 6.42 Å². The minimum atomic E-state index is -0.930. The number of aliphatic carboxylic acids is 1. The molecule has 0 spiro atoms. The van der Waals surface area contributed by atoms with Crippen molar-refractivity contribution in [2.75, 3.05) is 0 Å². The highest BCUT2D eigenvalue weighted by Gasteiger charge is 2.09. The molecule has 4 heteroatoms. The summed E-state index contributed by atoms with van der Waals surface area (Å²) < 4.78 is 0. The third-order valence-corrected chi connectivity index (χ3v) is 2.48. The van der Waals surface area contributed by atoms with Gasteiger partial charge in [0.1, 0.15) is 0 Å². The van der Waals surface area contributed by atoms with Crippen LogP contribution in [0, 0.1) is 6.92 Å². The fourth-order valence-electron chi connectivity index (χ4n) is 0.954. The third kappa shape index (κ3) is 2.99. The van der Waals surface area contributed by atoms with Crippen molar-refractivity contribution in [2.24, 2.45) is 0 Å². The summed E-state index contributed by atoms with van der Waals surface area (Å²) in [6, 6.07) is 1.79. The second-order valence-electron chi connectivity index (χ2n) is 2.76. The first-order valence-electron chi connectivity index (χ1n) is 3.89. The summed E-state index contributed by atoms with van der Waals surface area (Å²) in [7, 11) is 0. The number of aryl methyl sites for hydroxylation is 1. The second-order valence-corrected chi connectivity index (χ2v) is 3.88. The van der Waals surface area contributed by atoms with Crippen LogP contribution in [0.25, 0.3) is 0 Å². The maximum atomic E-state index is 11.3. The molecule has 1 aromatic rings. The van der Waals surface area contributed by atoms with Crippen molar-refractivity contribution in [3.63, 3.8) is 0 Å². The molecular formula is C9H10O3S. The van der Waals surface area contributed by atoms with Crippen molar-refractivity contribution < 1.29 is 14.7 Å². The molecule has 0 aliphatic rings. The fraction of sp³-hybridized carbons (Fsp3) is 0.333. The average Bonchev–Trinajstić information content (AvgIpc) is 2.47. The Balaban J connectivity index is 2.54. The highest BCUT2D eigenvalue weighted by Crippen LogP contribution is 2.15. The molecule has 1 heterocycles. The maximum Gasteiger partial charge on any atom is 0.303 e. The van der Waals surface area contributed by atoms with Crippen LogP contribution in [0.4, 0.5) is 0 Å². The number of carbonyl (C=O) groups is 2. The first kappa shape index (κ1) is 9.92. The van der Waals surface area contributed by atoms with Crippen LogP contribution >= 0.6 is 11.3 Å². The van der Waals surface area contributed by atoms with Crippen molar-refractivity contribution in [1.29, 1.82) is 0 Å². The molecule has 0 saturated heterocycles. The number of ketones is 1. The zero-order valence-electron chi connectivity index (χ0n) is 7.24. The van der Waals surface area contributed by atoms with Gasteiger partial charge in [-0.1, -0.05) is 0 Å². The summed E-state index contributed by atoms with van der Waals surface area (Å²) in [5, 5.41) is 10.1. The van der Waals surface area contributed by atoms with Crippen LogP contribution in [0.5, 0.6) is 0 Å². The predicted octanol–water partition coefficient (Wildman–Crippen LogP) is 2.10. The molecule has 0 fully saturated rings. The van der Waals surface area contributed by atoms with Gasteiger partial charge in [-0.3, -0.25) is 9.59 Å². The van der Waals surface area contributed by atoms with Crippen molar-refractivity contribution >= 4 is 23.1 Å². The molecular weight excluding hydrogens is 188 g/mol. The van der Waals surface area contributed by atoms with Crippen LogP contribution in [-0.4, -0.2) is 16.9 Å². The first-order valence-corrected chi connectivity index (χ1v) is 4.77. The van der Waals surface area contributed by atoms with Crippen LogP contribution in [0.3, 0.4) is 0 Å². The van der Waals surface area contributed by atoms with Crippen LogP contribution in [-0.2, 0) is 4.79 Å². The minimum absolute atomic E-state index is 0.0888. The Kier molecular flexibility index (Phi) is 3.19. The Morgan fingerprint density at radius 3 is 2.62 bits per heavy atom. The van der Waals surface area contributed by atoms with Crippen LogP contribution in [0.2, 0.25) is 0 Å². The third-order valence-electron chi connectivity index (χ3n) is 1.62. The number of carboxylic acids is 1. The quantitative estimate of drug-likeness (QED) is 0.754. The van der Waals surface area contributed by atoms with E-state index in [1.165, 1.54) is 11.3 Å². The summed E-state index contributed by atoms with van der Waals surface area (Å²) in [5.74, 6) is -1.02. The lowest BCUT2D eigenvalue weighted by molar-refractivity contribution is -0.136. The molecule has 0 unspecified atom stereocenters. The molecule has 0 aromatic carbocycles. The van der Waals surface area contributed by atoms with E-state index in [1.54, 1.807) is 11.4 Å². The summed E-state index contributed by atoms with van der Waals surface area (Å²) in [5.41, 5.74) is 0.628. The number of carbonyl (C=O) groups excluding carboxylic acids is 1. The van der Waals surface area contributed by atoms with Gasteiger partial charge in [0.25, 0.3) is 0 Å². The lowest BCUT2D eigenvalue weighted by Gasteiger charge is -1.93. The predicted molar refractivity (Wildman–Crippen MR) is 50.3 cm³/mol. The van der Waals surface area contributed by atoms with Gasteiger partial charge in [-0.15, -0.1) is 11.3 Å². The Labute approximate surface area is 80.0 Å². The standard InChI is InChI=1S/C9H10O3S/c1-6-4-7(5-13-6)8(10)2-3-9(11)12/h4-5H,2-3H2,1H3,(H,11,12). The monoisotopic (exact) mass is 198 g/mol. The van der Waals surface area contributed by atoms with Gasteiger partial charge in [0.2, 0.25) is 0 Å². The van der Waals surface area contributed by atoms with Gasteiger partial charge in [-0.2, -0.15) is 0 Å². The zero-order chi connectivity index (χ0) is 9.84. The molecule has 13 heavy (non-hydrogen) atoms. The molecule has 0 saturated carbocycles. The van der Waals surface area contributed by atoms with Gasteiger partial charge in [-0.05, 0) is 13.0 Å². The second kappa shape index (κ2) is 4.18. The van der Waals surface area contributed by atoms with E-state index in [4.69, 9.17) is 5.11 Å². The number of carboxylic acid groups (broad SMARTS) is 1. The number of thiophene rings is 1. The van der Waals surface area contributed by atoms with Gasteiger partial charge in [0, 0.05) is 22.2 Å². The van der Waals surface area contributed by atoms with E-state index in [2.05, 4.69) is 0 Å². The Morgan fingerprint density at radius 2 is 2.15 bits per heavy atom. The molecule has 70 valence electrons. The Morgan fingerprint density at radius 1 is 1.46 bits per heavy atom. The summed E-state index contributed by atoms with van der Waals surface area (Å²) in [6.07, 6.45) is -0.000760.